The molecule has 7 heteroatoms. The first-order chi connectivity index (χ1) is 11.4. The van der Waals surface area contributed by atoms with Gasteiger partial charge in [-0.15, -0.1) is 11.3 Å². The van der Waals surface area contributed by atoms with Crippen molar-refractivity contribution in [3.05, 3.63) is 40.4 Å². The zero-order valence-electron chi connectivity index (χ0n) is 13.5. The standard InChI is InChI=1S/C17H19ClN2O3S/c1-11(2)8-20(9-16(22)23)15(21)7-12-10-24-17(19-12)13-5-3-4-6-14(13)18/h3-6,10-11H,7-9H2,1-2H3,(H,22,23). The Hall–Kier alpha value is -1.92. The van der Waals surface area contributed by atoms with Crippen molar-refractivity contribution in [3.63, 3.8) is 0 Å². The molecule has 0 saturated carbocycles. The largest absolute Gasteiger partial charge is 0.480 e. The molecule has 1 aromatic carbocycles. The van der Waals surface area contributed by atoms with Crippen LogP contribution in [0.25, 0.3) is 10.6 Å². The van der Waals surface area contributed by atoms with Gasteiger partial charge in [0, 0.05) is 17.5 Å². The van der Waals surface area contributed by atoms with E-state index in [2.05, 4.69) is 4.98 Å². The van der Waals surface area contributed by atoms with Gasteiger partial charge in [-0.05, 0) is 12.0 Å². The van der Waals surface area contributed by atoms with Crippen molar-refractivity contribution < 1.29 is 14.7 Å². The highest BCUT2D eigenvalue weighted by atomic mass is 35.5. The lowest BCUT2D eigenvalue weighted by Crippen LogP contribution is -2.39. The van der Waals surface area contributed by atoms with E-state index in [-0.39, 0.29) is 24.8 Å². The topological polar surface area (TPSA) is 70.5 Å². The molecule has 0 saturated heterocycles. The lowest BCUT2D eigenvalue weighted by Gasteiger charge is -2.22. The predicted molar refractivity (Wildman–Crippen MR) is 95.3 cm³/mol. The SMILES string of the molecule is CC(C)CN(CC(=O)O)C(=O)Cc1csc(-c2ccccc2Cl)n1. The molecular formula is C17H19ClN2O3S. The summed E-state index contributed by atoms with van der Waals surface area (Å²) in [5.74, 6) is -1.05. The quantitative estimate of drug-likeness (QED) is 0.813. The number of carbonyl (C=O) groups excluding carboxylic acids is 1. The van der Waals surface area contributed by atoms with Gasteiger partial charge < -0.3 is 10.0 Å². The number of thiazole rings is 1. The highest BCUT2D eigenvalue weighted by molar-refractivity contribution is 7.13. The number of amides is 1. The van der Waals surface area contributed by atoms with E-state index in [1.165, 1.54) is 16.2 Å². The van der Waals surface area contributed by atoms with Crippen LogP contribution in [0.1, 0.15) is 19.5 Å². The highest BCUT2D eigenvalue weighted by Crippen LogP contribution is 2.30. The van der Waals surface area contributed by atoms with Crippen LogP contribution in [0.4, 0.5) is 0 Å². The van der Waals surface area contributed by atoms with E-state index in [1.807, 2.05) is 37.4 Å². The molecule has 2 aromatic rings. The van der Waals surface area contributed by atoms with Crippen molar-refractivity contribution in [2.24, 2.45) is 5.92 Å². The Balaban J connectivity index is 2.11. The van der Waals surface area contributed by atoms with Crippen LogP contribution in [0.3, 0.4) is 0 Å². The van der Waals surface area contributed by atoms with Crippen LogP contribution < -0.4 is 0 Å². The molecule has 0 aliphatic heterocycles. The molecule has 0 aliphatic rings. The van der Waals surface area contributed by atoms with E-state index in [4.69, 9.17) is 16.7 Å². The van der Waals surface area contributed by atoms with Gasteiger partial charge in [-0.25, -0.2) is 4.98 Å². The van der Waals surface area contributed by atoms with E-state index in [1.54, 1.807) is 6.07 Å². The van der Waals surface area contributed by atoms with Crippen molar-refractivity contribution >= 4 is 34.8 Å². The van der Waals surface area contributed by atoms with Gasteiger partial charge in [0.1, 0.15) is 11.6 Å². The third kappa shape index (κ3) is 5.04. The lowest BCUT2D eigenvalue weighted by atomic mass is 10.2. The second kappa shape index (κ2) is 8.26. The number of aromatic nitrogens is 1. The number of rotatable bonds is 7. The monoisotopic (exact) mass is 366 g/mol. The summed E-state index contributed by atoms with van der Waals surface area (Å²) in [6.45, 7) is 4.01. The number of aliphatic carboxylic acids is 1. The minimum absolute atomic E-state index is 0.0843. The van der Waals surface area contributed by atoms with Gasteiger partial charge in [-0.2, -0.15) is 0 Å². The molecule has 0 unspecified atom stereocenters. The van der Waals surface area contributed by atoms with Gasteiger partial charge in [-0.1, -0.05) is 43.6 Å². The molecule has 24 heavy (non-hydrogen) atoms. The molecule has 1 aromatic heterocycles. The molecular weight excluding hydrogens is 348 g/mol. The van der Waals surface area contributed by atoms with Gasteiger partial charge >= 0.3 is 5.97 Å². The number of benzene rings is 1. The fraction of sp³-hybridized carbons (Fsp3) is 0.353. The van der Waals surface area contributed by atoms with Crippen LogP contribution in [0.5, 0.6) is 0 Å². The Morgan fingerprint density at radius 3 is 2.67 bits per heavy atom. The summed E-state index contributed by atoms with van der Waals surface area (Å²) in [6.07, 6.45) is 0.0843. The number of carboxylic acids is 1. The van der Waals surface area contributed by atoms with E-state index in [0.29, 0.717) is 17.3 Å². The second-order valence-corrected chi connectivity index (χ2v) is 7.13. The fourth-order valence-corrected chi connectivity index (χ4v) is 3.41. The lowest BCUT2D eigenvalue weighted by molar-refractivity contribution is -0.144. The first-order valence-corrected chi connectivity index (χ1v) is 8.81. The highest BCUT2D eigenvalue weighted by Gasteiger charge is 2.19. The first kappa shape index (κ1) is 18.4. The average molecular weight is 367 g/mol. The number of hydrogen-bond acceptors (Lipinski definition) is 4. The van der Waals surface area contributed by atoms with Gasteiger partial charge in [0.15, 0.2) is 0 Å². The zero-order chi connectivity index (χ0) is 17.7. The van der Waals surface area contributed by atoms with Crippen molar-refractivity contribution in [2.45, 2.75) is 20.3 Å². The van der Waals surface area contributed by atoms with Crippen molar-refractivity contribution in [3.8, 4) is 10.6 Å². The van der Waals surface area contributed by atoms with Crippen molar-refractivity contribution in [2.75, 3.05) is 13.1 Å². The molecule has 0 fully saturated rings. The molecule has 5 nitrogen and oxygen atoms in total. The third-order valence-corrected chi connectivity index (χ3v) is 4.51. The molecule has 1 heterocycles. The molecule has 0 radical (unpaired) electrons. The van der Waals surface area contributed by atoms with Crippen LogP contribution in [0, 0.1) is 5.92 Å². The minimum atomic E-state index is -1.01. The van der Waals surface area contributed by atoms with Crippen LogP contribution in [0.2, 0.25) is 5.02 Å². The molecule has 0 atom stereocenters. The Kier molecular flexibility index (Phi) is 6.34. The third-order valence-electron chi connectivity index (χ3n) is 3.25. The Labute approximate surface area is 149 Å². The summed E-state index contributed by atoms with van der Waals surface area (Å²) in [4.78, 5) is 29.2. The summed E-state index contributed by atoms with van der Waals surface area (Å²) in [6, 6.07) is 7.40. The zero-order valence-corrected chi connectivity index (χ0v) is 15.1. The smallest absolute Gasteiger partial charge is 0.323 e. The molecule has 2 rings (SSSR count). The molecule has 0 aliphatic carbocycles. The summed E-state index contributed by atoms with van der Waals surface area (Å²) in [5.41, 5.74) is 1.45. The van der Waals surface area contributed by atoms with Gasteiger partial charge in [-0.3, -0.25) is 9.59 Å². The van der Waals surface area contributed by atoms with E-state index < -0.39 is 5.97 Å². The first-order valence-electron chi connectivity index (χ1n) is 7.55. The molecule has 1 N–H and O–H groups in total. The number of carboxylic acid groups (broad SMARTS) is 1. The maximum absolute atomic E-state index is 12.4. The van der Waals surface area contributed by atoms with Gasteiger partial charge in [0.05, 0.1) is 17.1 Å². The average Bonchev–Trinajstić information content (AvgIpc) is 2.94. The van der Waals surface area contributed by atoms with Crippen LogP contribution in [-0.4, -0.2) is 40.0 Å². The summed E-state index contributed by atoms with van der Waals surface area (Å²) < 4.78 is 0. The molecule has 128 valence electrons. The molecule has 1 amide bonds. The predicted octanol–water partition coefficient (Wildman–Crippen LogP) is 3.58. The number of nitrogens with zero attached hydrogens (tertiary/aromatic N) is 2. The fourth-order valence-electron chi connectivity index (χ4n) is 2.27. The normalized spacial score (nSPS) is 10.8. The second-order valence-electron chi connectivity index (χ2n) is 5.86. The Bertz CT molecular complexity index is 730. The molecule has 0 spiro atoms. The Morgan fingerprint density at radius 2 is 2.04 bits per heavy atom. The number of halogens is 1. The van der Waals surface area contributed by atoms with Gasteiger partial charge in [0.25, 0.3) is 0 Å². The molecule has 0 bridgehead atoms. The maximum atomic E-state index is 12.4. The summed E-state index contributed by atoms with van der Waals surface area (Å²) in [7, 11) is 0. The van der Waals surface area contributed by atoms with Crippen LogP contribution in [-0.2, 0) is 16.0 Å². The summed E-state index contributed by atoms with van der Waals surface area (Å²) in [5, 5.41) is 12.1. The van der Waals surface area contributed by atoms with E-state index in [9.17, 15) is 9.59 Å². The number of carbonyl (C=O) groups is 2. The van der Waals surface area contributed by atoms with E-state index in [0.717, 1.165) is 10.6 Å². The van der Waals surface area contributed by atoms with Crippen molar-refractivity contribution in [1.82, 2.24) is 9.88 Å². The van der Waals surface area contributed by atoms with Crippen molar-refractivity contribution in [1.29, 1.82) is 0 Å². The Morgan fingerprint density at radius 1 is 1.33 bits per heavy atom. The number of hydrogen-bond donors (Lipinski definition) is 1. The summed E-state index contributed by atoms with van der Waals surface area (Å²) >= 11 is 7.58. The minimum Gasteiger partial charge on any atom is -0.480 e. The van der Waals surface area contributed by atoms with Gasteiger partial charge in [0.2, 0.25) is 5.91 Å². The van der Waals surface area contributed by atoms with Crippen LogP contribution >= 0.6 is 22.9 Å². The van der Waals surface area contributed by atoms with Crippen LogP contribution in [0.15, 0.2) is 29.6 Å². The van der Waals surface area contributed by atoms with E-state index >= 15 is 0 Å². The maximum Gasteiger partial charge on any atom is 0.323 e.